The van der Waals surface area contributed by atoms with Crippen molar-refractivity contribution in [1.82, 2.24) is 24.8 Å². The van der Waals surface area contributed by atoms with Crippen molar-refractivity contribution in [3.8, 4) is 5.69 Å². The normalized spacial score (nSPS) is 17.4. The van der Waals surface area contributed by atoms with E-state index in [1.807, 2.05) is 49.5 Å². The molecule has 4 aromatic rings. The highest BCUT2D eigenvalue weighted by Gasteiger charge is 2.41. The number of aryl methyl sites for hydroxylation is 1. The molecule has 0 bridgehead atoms. The molecule has 4 heterocycles. The van der Waals surface area contributed by atoms with Crippen molar-refractivity contribution in [2.75, 3.05) is 0 Å². The van der Waals surface area contributed by atoms with Crippen LogP contribution in [0.1, 0.15) is 50.7 Å². The summed E-state index contributed by atoms with van der Waals surface area (Å²) in [6.45, 7) is 4.70. The van der Waals surface area contributed by atoms with Crippen molar-refractivity contribution < 1.29 is 9.90 Å². The fraction of sp³-hybridized carbons (Fsp3) is 0.185. The summed E-state index contributed by atoms with van der Waals surface area (Å²) in [5, 5.41) is 13.6. The Labute approximate surface area is 209 Å². The maximum atomic E-state index is 11.6. The number of carboxylic acid groups (broad SMARTS) is 1. The van der Waals surface area contributed by atoms with E-state index in [0.717, 1.165) is 33.9 Å². The number of benzene rings is 1. The Morgan fingerprint density at radius 1 is 1.09 bits per heavy atom. The average Bonchev–Trinajstić information content (AvgIpc) is 3.35. The molecule has 1 aliphatic heterocycles. The number of carbonyl (C=O) groups is 1. The molecule has 1 aliphatic rings. The van der Waals surface area contributed by atoms with Crippen LogP contribution in [0.2, 0.25) is 0 Å². The van der Waals surface area contributed by atoms with Crippen molar-refractivity contribution in [3.63, 3.8) is 0 Å². The Balaban J connectivity index is 1.62. The zero-order valence-corrected chi connectivity index (χ0v) is 20.2. The van der Waals surface area contributed by atoms with E-state index in [4.69, 9.17) is 12.2 Å². The Hall–Kier alpha value is -4.04. The molecule has 176 valence electrons. The fourth-order valence-electron chi connectivity index (χ4n) is 4.87. The highest BCUT2D eigenvalue weighted by molar-refractivity contribution is 7.80. The molecule has 8 heteroatoms. The van der Waals surface area contributed by atoms with E-state index in [2.05, 4.69) is 37.7 Å². The topological polar surface area (TPSA) is 83.3 Å². The molecule has 1 aromatic carbocycles. The van der Waals surface area contributed by atoms with Crippen molar-refractivity contribution in [3.05, 3.63) is 113 Å². The smallest absolute Gasteiger partial charge is 0.335 e. The summed E-state index contributed by atoms with van der Waals surface area (Å²) in [5.41, 5.74) is 6.18. The maximum Gasteiger partial charge on any atom is 0.335 e. The lowest BCUT2D eigenvalue weighted by atomic mass is 9.96. The maximum absolute atomic E-state index is 11.6. The third-order valence-corrected chi connectivity index (χ3v) is 6.77. The summed E-state index contributed by atoms with van der Waals surface area (Å²) in [5.74, 6) is -0.947. The van der Waals surface area contributed by atoms with Gasteiger partial charge in [-0.3, -0.25) is 9.97 Å². The van der Waals surface area contributed by atoms with E-state index in [9.17, 15) is 9.90 Å². The molecular formula is C27H25N5O2S. The standard InChI is InChI=1S/C27H25N5O2S/c1-17-13-22(18(2)32(17)21-9-5-8-20(14-21)26(33)34)25-24(23-10-3-4-12-29-23)30-27(35)31(25)16-19-7-6-11-28-15-19/h3-15,24-25H,16H2,1-2H3,(H,30,35)(H,33,34)/t24-,25-/m1/s1. The van der Waals surface area contributed by atoms with Crippen molar-refractivity contribution in [1.29, 1.82) is 0 Å². The number of aromatic nitrogens is 3. The summed E-state index contributed by atoms with van der Waals surface area (Å²) in [7, 11) is 0. The number of aromatic carboxylic acids is 1. The second kappa shape index (κ2) is 9.31. The summed E-state index contributed by atoms with van der Waals surface area (Å²) < 4.78 is 2.10. The van der Waals surface area contributed by atoms with Gasteiger partial charge >= 0.3 is 5.97 Å². The van der Waals surface area contributed by atoms with E-state index in [1.54, 1.807) is 30.6 Å². The van der Waals surface area contributed by atoms with Crippen LogP contribution >= 0.6 is 12.2 Å². The second-order valence-electron chi connectivity index (χ2n) is 8.63. The number of thiocarbonyl (C=S) groups is 1. The first-order valence-electron chi connectivity index (χ1n) is 11.3. The summed E-state index contributed by atoms with van der Waals surface area (Å²) in [6.07, 6.45) is 5.41. The van der Waals surface area contributed by atoms with Crippen LogP contribution in [0.4, 0.5) is 0 Å². The number of hydrogen-bond donors (Lipinski definition) is 2. The van der Waals surface area contributed by atoms with Gasteiger partial charge in [0.05, 0.1) is 23.3 Å². The molecule has 7 nitrogen and oxygen atoms in total. The molecule has 0 unspecified atom stereocenters. The molecule has 3 aromatic heterocycles. The lowest BCUT2D eigenvalue weighted by molar-refractivity contribution is 0.0697. The molecule has 1 fully saturated rings. The van der Waals surface area contributed by atoms with Gasteiger partial charge in [-0.1, -0.05) is 18.2 Å². The van der Waals surface area contributed by atoms with Gasteiger partial charge in [0.1, 0.15) is 0 Å². The third-order valence-electron chi connectivity index (χ3n) is 6.41. The third kappa shape index (κ3) is 4.28. The lowest BCUT2D eigenvalue weighted by Crippen LogP contribution is -2.29. The first-order valence-corrected chi connectivity index (χ1v) is 11.7. The monoisotopic (exact) mass is 483 g/mol. The van der Waals surface area contributed by atoms with E-state index < -0.39 is 5.97 Å². The first kappa shape index (κ1) is 22.7. The van der Waals surface area contributed by atoms with Crippen LogP contribution in [0.5, 0.6) is 0 Å². The minimum Gasteiger partial charge on any atom is -0.478 e. The number of nitrogens with one attached hydrogen (secondary N) is 1. The predicted molar refractivity (Wildman–Crippen MR) is 137 cm³/mol. The number of pyridine rings is 2. The molecule has 5 rings (SSSR count). The Bertz CT molecular complexity index is 1390. The van der Waals surface area contributed by atoms with Gasteiger partial charge in [-0.05, 0) is 79.7 Å². The van der Waals surface area contributed by atoms with E-state index in [0.29, 0.717) is 11.7 Å². The Morgan fingerprint density at radius 2 is 1.94 bits per heavy atom. The molecule has 0 radical (unpaired) electrons. The van der Waals surface area contributed by atoms with Crippen LogP contribution in [-0.2, 0) is 6.54 Å². The minimum atomic E-state index is -0.947. The fourth-order valence-corrected chi connectivity index (χ4v) is 5.17. The highest BCUT2D eigenvalue weighted by Crippen LogP contribution is 2.42. The van der Waals surface area contributed by atoms with E-state index in [1.165, 1.54) is 0 Å². The van der Waals surface area contributed by atoms with Crippen LogP contribution in [0.25, 0.3) is 5.69 Å². The van der Waals surface area contributed by atoms with Crippen molar-refractivity contribution in [2.45, 2.75) is 32.5 Å². The molecular weight excluding hydrogens is 458 g/mol. The van der Waals surface area contributed by atoms with E-state index in [-0.39, 0.29) is 17.6 Å². The lowest BCUT2D eigenvalue weighted by Gasteiger charge is -2.28. The quantitative estimate of drug-likeness (QED) is 0.383. The zero-order valence-electron chi connectivity index (χ0n) is 19.4. The zero-order chi connectivity index (χ0) is 24.5. The average molecular weight is 484 g/mol. The van der Waals surface area contributed by atoms with Gasteiger partial charge in [-0.25, -0.2) is 4.79 Å². The van der Waals surface area contributed by atoms with Crippen LogP contribution in [0.15, 0.2) is 79.3 Å². The highest BCUT2D eigenvalue weighted by atomic mass is 32.1. The predicted octanol–water partition coefficient (Wildman–Crippen LogP) is 4.76. The van der Waals surface area contributed by atoms with Gasteiger partial charge < -0.3 is 19.9 Å². The van der Waals surface area contributed by atoms with Crippen LogP contribution in [0.3, 0.4) is 0 Å². The summed E-state index contributed by atoms with van der Waals surface area (Å²) in [4.78, 5) is 22.7. The summed E-state index contributed by atoms with van der Waals surface area (Å²) >= 11 is 5.81. The molecule has 2 atom stereocenters. The Morgan fingerprint density at radius 3 is 2.66 bits per heavy atom. The van der Waals surface area contributed by atoms with Crippen molar-refractivity contribution in [2.24, 2.45) is 0 Å². The molecule has 2 N–H and O–H groups in total. The van der Waals surface area contributed by atoms with Gasteiger partial charge in [0.2, 0.25) is 0 Å². The number of rotatable bonds is 6. The van der Waals surface area contributed by atoms with Gasteiger partial charge in [-0.2, -0.15) is 0 Å². The van der Waals surface area contributed by atoms with Gasteiger partial charge in [0, 0.05) is 42.2 Å². The van der Waals surface area contributed by atoms with Gasteiger partial charge in [0.15, 0.2) is 5.11 Å². The molecule has 0 spiro atoms. The molecule has 0 amide bonds. The number of nitrogens with zero attached hydrogens (tertiary/aromatic N) is 4. The number of hydrogen-bond acceptors (Lipinski definition) is 4. The largest absolute Gasteiger partial charge is 0.478 e. The van der Waals surface area contributed by atoms with Crippen LogP contribution < -0.4 is 5.32 Å². The van der Waals surface area contributed by atoms with E-state index >= 15 is 0 Å². The molecule has 0 saturated carbocycles. The first-order chi connectivity index (χ1) is 16.9. The van der Waals surface area contributed by atoms with Crippen LogP contribution in [0, 0.1) is 13.8 Å². The van der Waals surface area contributed by atoms with Crippen LogP contribution in [-0.4, -0.2) is 35.6 Å². The minimum absolute atomic E-state index is 0.111. The van der Waals surface area contributed by atoms with Gasteiger partial charge in [0.25, 0.3) is 0 Å². The summed E-state index contributed by atoms with van der Waals surface area (Å²) in [6, 6.07) is 18.8. The molecule has 0 aliphatic carbocycles. The van der Waals surface area contributed by atoms with Crippen molar-refractivity contribution >= 4 is 23.3 Å². The Kier molecular flexibility index (Phi) is 6.05. The number of carboxylic acids is 1. The molecule has 1 saturated heterocycles. The van der Waals surface area contributed by atoms with Gasteiger partial charge in [-0.15, -0.1) is 0 Å². The SMILES string of the molecule is Cc1cc([C@@H]2[C@@H](c3ccccn3)NC(=S)N2Cc2cccnc2)c(C)n1-c1cccc(C(=O)O)c1. The second-order valence-corrected chi connectivity index (χ2v) is 9.02. The molecule has 35 heavy (non-hydrogen) atoms.